The van der Waals surface area contributed by atoms with Crippen LogP contribution in [0.4, 0.5) is 4.39 Å². The van der Waals surface area contributed by atoms with Crippen LogP contribution in [0.15, 0.2) is 42.7 Å². The van der Waals surface area contributed by atoms with Crippen LogP contribution in [0.1, 0.15) is 21.5 Å². The average Bonchev–Trinajstić information content (AvgIpc) is 2.91. The lowest BCUT2D eigenvalue weighted by molar-refractivity contribution is 0.0599. The van der Waals surface area contributed by atoms with Crippen molar-refractivity contribution in [1.82, 2.24) is 9.55 Å². The predicted molar refractivity (Wildman–Crippen MR) is 81.3 cm³/mol. The molecular weight excluding hydrogens is 283 g/mol. The van der Waals surface area contributed by atoms with Crippen molar-refractivity contribution in [3.63, 3.8) is 0 Å². The Kier molecular flexibility index (Phi) is 3.63. The van der Waals surface area contributed by atoms with E-state index in [1.165, 1.54) is 13.4 Å². The van der Waals surface area contributed by atoms with Gasteiger partial charge in [-0.1, -0.05) is 30.3 Å². The van der Waals surface area contributed by atoms with E-state index in [-0.39, 0.29) is 11.1 Å². The molecule has 0 spiro atoms. The number of aryl methyl sites for hydroxylation is 1. The van der Waals surface area contributed by atoms with Gasteiger partial charge in [0.2, 0.25) is 0 Å². The molecule has 0 aliphatic heterocycles. The molecule has 0 bridgehead atoms. The van der Waals surface area contributed by atoms with Crippen molar-refractivity contribution in [2.75, 3.05) is 7.11 Å². The Balaban J connectivity index is 2.21. The topological polar surface area (TPSA) is 44.1 Å². The van der Waals surface area contributed by atoms with Crippen LogP contribution in [0.3, 0.4) is 0 Å². The molecule has 4 nitrogen and oxygen atoms in total. The summed E-state index contributed by atoms with van der Waals surface area (Å²) in [4.78, 5) is 16.1. The van der Waals surface area contributed by atoms with Gasteiger partial charge in [0.25, 0.3) is 0 Å². The van der Waals surface area contributed by atoms with E-state index in [9.17, 15) is 9.18 Å². The summed E-state index contributed by atoms with van der Waals surface area (Å²) in [7, 11) is 3.05. The van der Waals surface area contributed by atoms with Crippen molar-refractivity contribution in [2.24, 2.45) is 7.05 Å². The Morgan fingerprint density at radius 3 is 2.73 bits per heavy atom. The molecule has 0 N–H and O–H groups in total. The molecule has 0 saturated carbocycles. The summed E-state index contributed by atoms with van der Waals surface area (Å²) in [5.74, 6) is -1.02. The van der Waals surface area contributed by atoms with E-state index in [1.54, 1.807) is 17.7 Å². The number of methoxy groups -OCH3 is 1. The van der Waals surface area contributed by atoms with Gasteiger partial charge in [-0.25, -0.2) is 14.2 Å². The van der Waals surface area contributed by atoms with Crippen molar-refractivity contribution < 1.29 is 13.9 Å². The predicted octanol–water partition coefficient (Wildman–Crippen LogP) is 3.09. The first kappa shape index (κ1) is 14.3. The molecule has 22 heavy (non-hydrogen) atoms. The molecule has 0 aliphatic carbocycles. The highest BCUT2D eigenvalue weighted by molar-refractivity contribution is 5.96. The maximum atomic E-state index is 14.8. The number of hydrogen-bond donors (Lipinski definition) is 0. The molecule has 2 aromatic carbocycles. The summed E-state index contributed by atoms with van der Waals surface area (Å²) in [5, 5.41) is 0. The van der Waals surface area contributed by atoms with E-state index in [1.807, 2.05) is 30.3 Å². The number of halogens is 1. The van der Waals surface area contributed by atoms with Gasteiger partial charge in [-0.3, -0.25) is 0 Å². The zero-order valence-electron chi connectivity index (χ0n) is 12.3. The molecule has 3 rings (SSSR count). The quantitative estimate of drug-likeness (QED) is 0.698. The Morgan fingerprint density at radius 1 is 1.32 bits per heavy atom. The largest absolute Gasteiger partial charge is 0.465 e. The first-order chi connectivity index (χ1) is 10.6. The second-order valence-corrected chi connectivity index (χ2v) is 5.09. The maximum Gasteiger partial charge on any atom is 0.338 e. The second kappa shape index (κ2) is 5.60. The molecule has 0 radical (unpaired) electrons. The van der Waals surface area contributed by atoms with E-state index in [2.05, 4.69) is 4.98 Å². The Labute approximate surface area is 127 Å². The fourth-order valence-electron chi connectivity index (χ4n) is 2.53. The normalized spacial score (nSPS) is 10.9. The van der Waals surface area contributed by atoms with E-state index in [0.717, 1.165) is 5.56 Å². The highest BCUT2D eigenvalue weighted by atomic mass is 19.1. The van der Waals surface area contributed by atoms with Crippen molar-refractivity contribution >= 4 is 17.0 Å². The molecule has 5 heteroatoms. The second-order valence-electron chi connectivity index (χ2n) is 5.09. The lowest BCUT2D eigenvalue weighted by atomic mass is 9.98. The number of aromatic nitrogens is 2. The molecule has 0 atom stereocenters. The zero-order valence-corrected chi connectivity index (χ0v) is 12.3. The summed E-state index contributed by atoms with van der Waals surface area (Å²) in [6, 6.07) is 11.1. The lowest BCUT2D eigenvalue weighted by Crippen LogP contribution is -2.09. The average molecular weight is 298 g/mol. The Morgan fingerprint density at radius 2 is 2.05 bits per heavy atom. The number of fused-ring (bicyclic) bond motifs is 1. The molecular formula is C17H15FN2O2. The van der Waals surface area contributed by atoms with Gasteiger partial charge in [0, 0.05) is 19.0 Å². The number of imidazole rings is 1. The Bertz CT molecular complexity index is 841. The van der Waals surface area contributed by atoms with Crippen LogP contribution >= 0.6 is 0 Å². The van der Waals surface area contributed by atoms with Crippen molar-refractivity contribution in [3.05, 3.63) is 65.2 Å². The fraction of sp³-hybridized carbons (Fsp3) is 0.176. The van der Waals surface area contributed by atoms with E-state index in [0.29, 0.717) is 17.5 Å². The van der Waals surface area contributed by atoms with Crippen molar-refractivity contribution in [3.8, 4) is 0 Å². The van der Waals surface area contributed by atoms with Gasteiger partial charge in [-0.2, -0.15) is 0 Å². The van der Waals surface area contributed by atoms with Crippen LogP contribution in [0, 0.1) is 5.82 Å². The minimum absolute atomic E-state index is 0.236. The van der Waals surface area contributed by atoms with Gasteiger partial charge in [-0.05, 0) is 11.6 Å². The maximum absolute atomic E-state index is 14.8. The summed E-state index contributed by atoms with van der Waals surface area (Å²) < 4.78 is 21.3. The van der Waals surface area contributed by atoms with E-state index in [4.69, 9.17) is 4.74 Å². The molecule has 1 aromatic heterocycles. The highest BCUT2D eigenvalue weighted by Crippen LogP contribution is 2.26. The standard InChI is InChI=1S/C17H15FN2O2/c1-20-10-19-16-14(20)9-13(17(21)22-2)12(15(16)18)8-11-6-4-3-5-7-11/h3-7,9-10H,8H2,1-2H3. The summed E-state index contributed by atoms with van der Waals surface area (Å²) >= 11 is 0. The number of carbonyl (C=O) groups is 1. The fourth-order valence-corrected chi connectivity index (χ4v) is 2.53. The van der Waals surface area contributed by atoms with Gasteiger partial charge < -0.3 is 9.30 Å². The zero-order chi connectivity index (χ0) is 15.7. The molecule has 112 valence electrons. The van der Waals surface area contributed by atoms with Gasteiger partial charge in [0.05, 0.1) is 24.5 Å². The third-order valence-corrected chi connectivity index (χ3v) is 3.69. The SMILES string of the molecule is COC(=O)c1cc2c(ncn2C)c(F)c1Cc1ccccc1. The number of rotatable bonds is 3. The smallest absolute Gasteiger partial charge is 0.338 e. The number of nitrogens with zero attached hydrogens (tertiary/aromatic N) is 2. The van der Waals surface area contributed by atoms with E-state index < -0.39 is 11.8 Å². The third-order valence-electron chi connectivity index (χ3n) is 3.69. The van der Waals surface area contributed by atoms with Crippen molar-refractivity contribution in [1.29, 1.82) is 0 Å². The highest BCUT2D eigenvalue weighted by Gasteiger charge is 2.21. The van der Waals surface area contributed by atoms with Crippen LogP contribution in [0.5, 0.6) is 0 Å². The van der Waals surface area contributed by atoms with E-state index >= 15 is 0 Å². The monoisotopic (exact) mass is 298 g/mol. The molecule has 0 saturated heterocycles. The van der Waals surface area contributed by atoms with Crippen LogP contribution in [0.25, 0.3) is 11.0 Å². The van der Waals surface area contributed by atoms with Crippen LogP contribution < -0.4 is 0 Å². The Hall–Kier alpha value is -2.69. The molecule has 0 unspecified atom stereocenters. The number of esters is 1. The number of carbonyl (C=O) groups excluding carboxylic acids is 1. The molecule has 3 aromatic rings. The van der Waals surface area contributed by atoms with Gasteiger partial charge in [0.15, 0.2) is 5.82 Å². The first-order valence-electron chi connectivity index (χ1n) is 6.86. The summed E-state index contributed by atoms with van der Waals surface area (Å²) in [5.41, 5.74) is 2.29. The van der Waals surface area contributed by atoms with Crippen LogP contribution in [-0.2, 0) is 18.2 Å². The number of ether oxygens (including phenoxy) is 1. The van der Waals surface area contributed by atoms with Gasteiger partial charge in [0.1, 0.15) is 5.52 Å². The van der Waals surface area contributed by atoms with Crippen molar-refractivity contribution in [2.45, 2.75) is 6.42 Å². The third kappa shape index (κ3) is 2.35. The summed E-state index contributed by atoms with van der Waals surface area (Å²) in [6.07, 6.45) is 1.84. The lowest BCUT2D eigenvalue weighted by Gasteiger charge is -2.11. The number of benzene rings is 2. The molecule has 0 fully saturated rings. The van der Waals surface area contributed by atoms with Gasteiger partial charge >= 0.3 is 5.97 Å². The van der Waals surface area contributed by atoms with Crippen LogP contribution in [0.2, 0.25) is 0 Å². The minimum Gasteiger partial charge on any atom is -0.465 e. The molecule has 1 heterocycles. The minimum atomic E-state index is -0.548. The first-order valence-corrected chi connectivity index (χ1v) is 6.86. The molecule has 0 aliphatic rings. The summed E-state index contributed by atoms with van der Waals surface area (Å²) in [6.45, 7) is 0. The van der Waals surface area contributed by atoms with Crippen LogP contribution in [-0.4, -0.2) is 22.6 Å². The molecule has 0 amide bonds. The van der Waals surface area contributed by atoms with Gasteiger partial charge in [-0.15, -0.1) is 0 Å². The number of hydrogen-bond acceptors (Lipinski definition) is 3.